The van der Waals surface area contributed by atoms with Crippen molar-refractivity contribution in [3.05, 3.63) is 28.8 Å². The molecule has 2 N–H and O–H groups in total. The molecule has 2 fully saturated rings. The van der Waals surface area contributed by atoms with Crippen LogP contribution in [-0.2, 0) is 0 Å². The molecule has 1 aromatic rings. The molecule has 2 nitrogen and oxygen atoms in total. The molecule has 2 heteroatoms. The van der Waals surface area contributed by atoms with Crippen molar-refractivity contribution in [3.8, 4) is 5.75 Å². The van der Waals surface area contributed by atoms with Gasteiger partial charge < -0.3 is 10.5 Å². The van der Waals surface area contributed by atoms with E-state index < -0.39 is 0 Å². The lowest BCUT2D eigenvalue weighted by molar-refractivity contribution is 0.293. The molecule has 0 amide bonds. The summed E-state index contributed by atoms with van der Waals surface area (Å²) >= 11 is 0. The van der Waals surface area contributed by atoms with Gasteiger partial charge in [-0.3, -0.25) is 0 Å². The fourth-order valence-electron chi connectivity index (χ4n) is 4.69. The van der Waals surface area contributed by atoms with Crippen molar-refractivity contribution in [1.29, 1.82) is 0 Å². The van der Waals surface area contributed by atoms with Gasteiger partial charge in [0.1, 0.15) is 5.75 Å². The largest absolute Gasteiger partial charge is 0.496 e. The zero-order valence-corrected chi connectivity index (χ0v) is 13.0. The topological polar surface area (TPSA) is 35.2 Å². The quantitative estimate of drug-likeness (QED) is 0.895. The molecule has 4 atom stereocenters. The second kappa shape index (κ2) is 5.40. The minimum Gasteiger partial charge on any atom is -0.496 e. The van der Waals surface area contributed by atoms with E-state index in [1.54, 1.807) is 7.11 Å². The maximum absolute atomic E-state index is 6.55. The first kappa shape index (κ1) is 13.9. The van der Waals surface area contributed by atoms with Gasteiger partial charge in [-0.25, -0.2) is 0 Å². The van der Waals surface area contributed by atoms with E-state index in [9.17, 15) is 0 Å². The number of nitrogens with two attached hydrogens (primary N) is 1. The van der Waals surface area contributed by atoms with Crippen molar-refractivity contribution in [1.82, 2.24) is 0 Å². The molecular formula is C18H27NO. The fourth-order valence-corrected chi connectivity index (χ4v) is 4.69. The molecule has 0 spiro atoms. The van der Waals surface area contributed by atoms with Gasteiger partial charge in [0.2, 0.25) is 0 Å². The van der Waals surface area contributed by atoms with Crippen molar-refractivity contribution >= 4 is 0 Å². The Morgan fingerprint density at radius 3 is 2.65 bits per heavy atom. The SMILES string of the molecule is COc1cc(C)cc(C)c1C(N)CC1CC2CCC1C2. The van der Waals surface area contributed by atoms with Crippen LogP contribution in [0.5, 0.6) is 5.75 Å². The summed E-state index contributed by atoms with van der Waals surface area (Å²) in [7, 11) is 1.75. The lowest BCUT2D eigenvalue weighted by Crippen LogP contribution is -2.20. The fraction of sp³-hybridized carbons (Fsp3) is 0.667. The van der Waals surface area contributed by atoms with Crippen molar-refractivity contribution in [2.75, 3.05) is 7.11 Å². The summed E-state index contributed by atoms with van der Waals surface area (Å²) < 4.78 is 5.57. The molecular weight excluding hydrogens is 246 g/mol. The third kappa shape index (κ3) is 2.46. The second-order valence-corrected chi connectivity index (χ2v) is 6.97. The van der Waals surface area contributed by atoms with Gasteiger partial charge in [-0.05, 0) is 74.5 Å². The molecule has 0 radical (unpaired) electrons. The minimum absolute atomic E-state index is 0.120. The molecule has 0 saturated heterocycles. The Balaban J connectivity index is 1.78. The lowest BCUT2D eigenvalue weighted by Gasteiger charge is -2.26. The molecule has 2 aliphatic rings. The van der Waals surface area contributed by atoms with Crippen LogP contribution >= 0.6 is 0 Å². The summed E-state index contributed by atoms with van der Waals surface area (Å²) in [4.78, 5) is 0. The molecule has 2 aliphatic carbocycles. The van der Waals surface area contributed by atoms with E-state index in [-0.39, 0.29) is 6.04 Å². The van der Waals surface area contributed by atoms with Gasteiger partial charge in [0, 0.05) is 11.6 Å². The van der Waals surface area contributed by atoms with Crippen LogP contribution in [0.3, 0.4) is 0 Å². The molecule has 4 unspecified atom stereocenters. The van der Waals surface area contributed by atoms with E-state index in [0.717, 1.165) is 29.9 Å². The van der Waals surface area contributed by atoms with Crippen LogP contribution in [0.2, 0.25) is 0 Å². The van der Waals surface area contributed by atoms with Crippen molar-refractivity contribution in [2.45, 2.75) is 52.0 Å². The highest BCUT2D eigenvalue weighted by molar-refractivity contribution is 5.45. The second-order valence-electron chi connectivity index (χ2n) is 6.97. The molecule has 0 aromatic heterocycles. The smallest absolute Gasteiger partial charge is 0.124 e. The Kier molecular flexibility index (Phi) is 3.76. The van der Waals surface area contributed by atoms with Crippen LogP contribution in [0.1, 0.15) is 54.8 Å². The van der Waals surface area contributed by atoms with Gasteiger partial charge >= 0.3 is 0 Å². The Bertz CT molecular complexity index is 496. The molecule has 0 aliphatic heterocycles. The highest BCUT2D eigenvalue weighted by Crippen LogP contribution is 2.51. The first-order chi connectivity index (χ1) is 9.58. The predicted molar refractivity (Wildman–Crippen MR) is 83.0 cm³/mol. The third-order valence-electron chi connectivity index (χ3n) is 5.53. The van der Waals surface area contributed by atoms with E-state index in [2.05, 4.69) is 26.0 Å². The Labute approximate surface area is 122 Å². The average Bonchev–Trinajstić information content (AvgIpc) is 2.99. The average molecular weight is 273 g/mol. The summed E-state index contributed by atoms with van der Waals surface area (Å²) in [6, 6.07) is 4.46. The van der Waals surface area contributed by atoms with Crippen LogP contribution in [0.15, 0.2) is 12.1 Å². The number of fused-ring (bicyclic) bond motifs is 2. The molecule has 3 rings (SSSR count). The molecule has 20 heavy (non-hydrogen) atoms. The summed E-state index contributed by atoms with van der Waals surface area (Å²) in [6.07, 6.45) is 6.89. The predicted octanol–water partition coefficient (Wildman–Crippen LogP) is 4.14. The zero-order chi connectivity index (χ0) is 14.3. The van der Waals surface area contributed by atoms with Gasteiger partial charge in [-0.15, -0.1) is 0 Å². The summed E-state index contributed by atoms with van der Waals surface area (Å²) in [5.74, 6) is 3.76. The summed E-state index contributed by atoms with van der Waals surface area (Å²) in [5.41, 5.74) is 10.3. The van der Waals surface area contributed by atoms with E-state index in [0.29, 0.717) is 0 Å². The molecule has 0 heterocycles. The van der Waals surface area contributed by atoms with Crippen LogP contribution in [0, 0.1) is 31.6 Å². The number of methoxy groups -OCH3 is 1. The monoisotopic (exact) mass is 273 g/mol. The molecule has 110 valence electrons. The first-order valence-corrected chi connectivity index (χ1v) is 7.99. The minimum atomic E-state index is 0.120. The van der Waals surface area contributed by atoms with Crippen LogP contribution in [0.4, 0.5) is 0 Å². The van der Waals surface area contributed by atoms with E-state index >= 15 is 0 Å². The van der Waals surface area contributed by atoms with Crippen molar-refractivity contribution in [2.24, 2.45) is 23.5 Å². The Hall–Kier alpha value is -1.02. The zero-order valence-electron chi connectivity index (χ0n) is 13.0. The highest BCUT2D eigenvalue weighted by Gasteiger charge is 2.40. The van der Waals surface area contributed by atoms with Crippen LogP contribution < -0.4 is 10.5 Å². The third-order valence-corrected chi connectivity index (χ3v) is 5.53. The van der Waals surface area contributed by atoms with Gasteiger partial charge in [0.05, 0.1) is 7.11 Å². The Morgan fingerprint density at radius 2 is 2.05 bits per heavy atom. The normalized spacial score (nSPS) is 29.7. The van der Waals surface area contributed by atoms with Crippen LogP contribution in [0.25, 0.3) is 0 Å². The van der Waals surface area contributed by atoms with E-state index in [1.165, 1.54) is 42.4 Å². The van der Waals surface area contributed by atoms with E-state index in [1.807, 2.05) is 0 Å². The van der Waals surface area contributed by atoms with Crippen molar-refractivity contribution < 1.29 is 4.74 Å². The van der Waals surface area contributed by atoms with Gasteiger partial charge in [0.15, 0.2) is 0 Å². The van der Waals surface area contributed by atoms with Gasteiger partial charge in [-0.2, -0.15) is 0 Å². The molecule has 2 saturated carbocycles. The number of hydrogen-bond donors (Lipinski definition) is 1. The highest BCUT2D eigenvalue weighted by atomic mass is 16.5. The number of rotatable bonds is 4. The molecule has 1 aromatic carbocycles. The summed E-state index contributed by atoms with van der Waals surface area (Å²) in [6.45, 7) is 4.27. The van der Waals surface area contributed by atoms with Crippen LogP contribution in [-0.4, -0.2) is 7.11 Å². The lowest BCUT2D eigenvalue weighted by atomic mass is 9.82. The van der Waals surface area contributed by atoms with Crippen molar-refractivity contribution in [3.63, 3.8) is 0 Å². The number of ether oxygens (including phenoxy) is 1. The molecule has 2 bridgehead atoms. The number of benzene rings is 1. The van der Waals surface area contributed by atoms with Gasteiger partial charge in [0.25, 0.3) is 0 Å². The first-order valence-electron chi connectivity index (χ1n) is 7.99. The number of hydrogen-bond acceptors (Lipinski definition) is 2. The maximum Gasteiger partial charge on any atom is 0.124 e. The summed E-state index contributed by atoms with van der Waals surface area (Å²) in [5, 5.41) is 0. The number of aryl methyl sites for hydroxylation is 2. The van der Waals surface area contributed by atoms with Gasteiger partial charge in [-0.1, -0.05) is 12.5 Å². The standard InChI is InChI=1S/C18H27NO/c1-11-6-12(2)18(17(7-11)20-3)16(19)10-15-9-13-4-5-14(15)8-13/h6-7,13-16H,4-5,8-10,19H2,1-3H3. The Morgan fingerprint density at radius 1 is 1.25 bits per heavy atom. The van der Waals surface area contributed by atoms with E-state index in [4.69, 9.17) is 10.5 Å². The maximum atomic E-state index is 6.55.